The lowest BCUT2D eigenvalue weighted by atomic mass is 10.2. The second-order valence-corrected chi connectivity index (χ2v) is 6.02. The summed E-state index contributed by atoms with van der Waals surface area (Å²) in [6.07, 6.45) is 1.39. The van der Waals surface area contributed by atoms with Gasteiger partial charge in [-0.3, -0.25) is 30.6 Å². The Labute approximate surface area is 166 Å². The van der Waals surface area contributed by atoms with Gasteiger partial charge >= 0.3 is 0 Å². The molecule has 9 heteroatoms. The van der Waals surface area contributed by atoms with E-state index in [-0.39, 0.29) is 16.8 Å². The lowest BCUT2D eigenvalue weighted by Gasteiger charge is -2.18. The van der Waals surface area contributed by atoms with Crippen LogP contribution in [-0.4, -0.2) is 28.8 Å². The molecule has 2 aromatic carbocycles. The molecule has 0 spiro atoms. The molecule has 3 aromatic rings. The maximum absolute atomic E-state index is 12.2. The van der Waals surface area contributed by atoms with E-state index in [1.807, 2.05) is 42.3 Å². The van der Waals surface area contributed by atoms with Crippen molar-refractivity contribution in [1.82, 2.24) is 15.8 Å². The molecule has 0 aliphatic rings. The molecular weight excluding hydrogens is 374 g/mol. The summed E-state index contributed by atoms with van der Waals surface area (Å²) < 4.78 is 0. The van der Waals surface area contributed by atoms with Crippen LogP contribution in [0.25, 0.3) is 0 Å². The summed E-state index contributed by atoms with van der Waals surface area (Å²) in [7, 11) is 1.86. The summed E-state index contributed by atoms with van der Waals surface area (Å²) in [6, 6.07) is 18.1. The number of non-ortho nitro benzene ring substituents is 1. The number of anilines is 2. The van der Waals surface area contributed by atoms with E-state index in [1.165, 1.54) is 24.4 Å². The fraction of sp³-hybridized carbons (Fsp3) is 0.0500. The third-order valence-electron chi connectivity index (χ3n) is 4.11. The number of benzene rings is 2. The first kappa shape index (κ1) is 19.5. The smallest absolute Gasteiger partial charge is 0.271 e. The average molecular weight is 391 g/mol. The van der Waals surface area contributed by atoms with Gasteiger partial charge in [-0.15, -0.1) is 0 Å². The van der Waals surface area contributed by atoms with E-state index in [0.29, 0.717) is 5.82 Å². The maximum Gasteiger partial charge on any atom is 0.271 e. The number of para-hydroxylation sites is 1. The van der Waals surface area contributed by atoms with Crippen molar-refractivity contribution in [1.29, 1.82) is 0 Å². The van der Waals surface area contributed by atoms with Gasteiger partial charge < -0.3 is 4.90 Å². The largest absolute Gasteiger partial charge is 0.329 e. The fourth-order valence-electron chi connectivity index (χ4n) is 2.52. The van der Waals surface area contributed by atoms with Crippen molar-refractivity contribution < 1.29 is 14.5 Å². The summed E-state index contributed by atoms with van der Waals surface area (Å²) in [5.74, 6) is -0.589. The van der Waals surface area contributed by atoms with E-state index in [4.69, 9.17) is 0 Å². The van der Waals surface area contributed by atoms with E-state index in [0.717, 1.165) is 11.8 Å². The zero-order valence-electron chi connectivity index (χ0n) is 15.4. The van der Waals surface area contributed by atoms with Crippen LogP contribution in [0.3, 0.4) is 0 Å². The molecule has 0 saturated heterocycles. The van der Waals surface area contributed by atoms with E-state index in [1.54, 1.807) is 12.1 Å². The van der Waals surface area contributed by atoms with Gasteiger partial charge in [0.1, 0.15) is 5.82 Å². The number of hydrogen-bond donors (Lipinski definition) is 2. The molecule has 0 aliphatic carbocycles. The molecule has 2 amide bonds. The van der Waals surface area contributed by atoms with Gasteiger partial charge in [0, 0.05) is 36.6 Å². The van der Waals surface area contributed by atoms with Gasteiger partial charge in [0.05, 0.1) is 10.5 Å². The number of nitro groups is 1. The quantitative estimate of drug-likeness (QED) is 0.510. The van der Waals surface area contributed by atoms with Crippen molar-refractivity contribution >= 4 is 29.0 Å². The standard InChI is InChI=1S/C20H17N5O4/c1-24(16-7-3-2-4-8-16)18-11-10-15(13-21-18)20(27)23-22-19(26)14-6-5-9-17(12-14)25(28)29/h2-13H,1H3,(H,22,26)(H,23,27). The van der Waals surface area contributed by atoms with Crippen LogP contribution >= 0.6 is 0 Å². The number of rotatable bonds is 5. The number of hydrogen-bond acceptors (Lipinski definition) is 6. The molecule has 3 rings (SSSR count). The predicted molar refractivity (Wildman–Crippen MR) is 107 cm³/mol. The summed E-state index contributed by atoms with van der Waals surface area (Å²) in [5, 5.41) is 10.8. The first-order valence-corrected chi connectivity index (χ1v) is 8.55. The Balaban J connectivity index is 1.62. The van der Waals surface area contributed by atoms with Crippen molar-refractivity contribution in [2.45, 2.75) is 0 Å². The van der Waals surface area contributed by atoms with Crippen molar-refractivity contribution in [3.63, 3.8) is 0 Å². The van der Waals surface area contributed by atoms with Crippen LogP contribution in [0.4, 0.5) is 17.2 Å². The highest BCUT2D eigenvalue weighted by molar-refractivity contribution is 5.99. The number of carbonyl (C=O) groups excluding carboxylic acids is 2. The highest BCUT2D eigenvalue weighted by Crippen LogP contribution is 2.20. The normalized spacial score (nSPS) is 10.1. The third kappa shape index (κ3) is 4.72. The third-order valence-corrected chi connectivity index (χ3v) is 4.11. The Morgan fingerprint density at radius 1 is 0.931 bits per heavy atom. The molecule has 0 atom stereocenters. The minimum absolute atomic E-state index is 0.0532. The van der Waals surface area contributed by atoms with Crippen LogP contribution in [0.15, 0.2) is 72.9 Å². The van der Waals surface area contributed by atoms with Gasteiger partial charge in [0.2, 0.25) is 0 Å². The molecule has 0 bridgehead atoms. The van der Waals surface area contributed by atoms with Crippen molar-refractivity contribution in [3.05, 3.63) is 94.2 Å². The van der Waals surface area contributed by atoms with Gasteiger partial charge in [-0.1, -0.05) is 24.3 Å². The Morgan fingerprint density at radius 3 is 2.24 bits per heavy atom. The molecule has 2 N–H and O–H groups in total. The highest BCUT2D eigenvalue weighted by Gasteiger charge is 2.13. The number of nitrogens with one attached hydrogen (secondary N) is 2. The van der Waals surface area contributed by atoms with Crippen LogP contribution in [0, 0.1) is 10.1 Å². The number of aromatic nitrogens is 1. The summed E-state index contributed by atoms with van der Waals surface area (Å²) in [5.41, 5.74) is 5.52. The molecule has 0 saturated carbocycles. The number of carbonyl (C=O) groups is 2. The summed E-state index contributed by atoms with van der Waals surface area (Å²) in [6.45, 7) is 0. The minimum Gasteiger partial charge on any atom is -0.329 e. The average Bonchev–Trinajstić information content (AvgIpc) is 2.77. The van der Waals surface area contributed by atoms with E-state index in [9.17, 15) is 19.7 Å². The lowest BCUT2D eigenvalue weighted by molar-refractivity contribution is -0.384. The maximum atomic E-state index is 12.2. The molecule has 1 heterocycles. The lowest BCUT2D eigenvalue weighted by Crippen LogP contribution is -2.41. The second-order valence-electron chi connectivity index (χ2n) is 6.02. The van der Waals surface area contributed by atoms with Gasteiger partial charge in [-0.2, -0.15) is 0 Å². The van der Waals surface area contributed by atoms with Crippen LogP contribution in [0.5, 0.6) is 0 Å². The van der Waals surface area contributed by atoms with Crippen molar-refractivity contribution in [2.24, 2.45) is 0 Å². The second kappa shape index (κ2) is 8.61. The Bertz CT molecular complexity index is 1040. The van der Waals surface area contributed by atoms with Crippen LogP contribution in [0.1, 0.15) is 20.7 Å². The molecule has 1 aromatic heterocycles. The minimum atomic E-state index is -0.671. The first-order chi connectivity index (χ1) is 14.0. The number of nitrogens with zero attached hydrogens (tertiary/aromatic N) is 3. The Morgan fingerprint density at radius 2 is 1.62 bits per heavy atom. The van der Waals surface area contributed by atoms with Crippen LogP contribution < -0.4 is 15.8 Å². The molecule has 29 heavy (non-hydrogen) atoms. The molecule has 0 unspecified atom stereocenters. The molecule has 9 nitrogen and oxygen atoms in total. The molecular formula is C20H17N5O4. The highest BCUT2D eigenvalue weighted by atomic mass is 16.6. The zero-order valence-corrected chi connectivity index (χ0v) is 15.4. The first-order valence-electron chi connectivity index (χ1n) is 8.55. The van der Waals surface area contributed by atoms with Crippen LogP contribution in [0.2, 0.25) is 0 Å². The van der Waals surface area contributed by atoms with Gasteiger partial charge in [0.25, 0.3) is 17.5 Å². The van der Waals surface area contributed by atoms with Crippen LogP contribution in [-0.2, 0) is 0 Å². The van der Waals surface area contributed by atoms with Crippen molar-refractivity contribution in [3.8, 4) is 0 Å². The molecule has 146 valence electrons. The van der Waals surface area contributed by atoms with Gasteiger partial charge in [-0.05, 0) is 30.3 Å². The molecule has 0 aliphatic heterocycles. The number of hydrazine groups is 1. The fourth-order valence-corrected chi connectivity index (χ4v) is 2.52. The molecule has 0 radical (unpaired) electrons. The van der Waals surface area contributed by atoms with Gasteiger partial charge in [0.15, 0.2) is 0 Å². The van der Waals surface area contributed by atoms with E-state index in [2.05, 4.69) is 15.8 Å². The van der Waals surface area contributed by atoms with E-state index < -0.39 is 16.7 Å². The predicted octanol–water partition coefficient (Wildman–Crippen LogP) is 2.83. The Hall–Kier alpha value is -4.27. The van der Waals surface area contributed by atoms with Gasteiger partial charge in [-0.25, -0.2) is 4.98 Å². The summed E-state index contributed by atoms with van der Waals surface area (Å²) >= 11 is 0. The summed E-state index contributed by atoms with van der Waals surface area (Å²) in [4.78, 5) is 40.6. The zero-order chi connectivity index (χ0) is 20.8. The van der Waals surface area contributed by atoms with E-state index >= 15 is 0 Å². The molecule has 0 fully saturated rings. The number of amides is 2. The SMILES string of the molecule is CN(c1ccccc1)c1ccc(C(=O)NNC(=O)c2cccc([N+](=O)[O-])c2)cn1. The van der Waals surface area contributed by atoms with Crippen molar-refractivity contribution in [2.75, 3.05) is 11.9 Å². The topological polar surface area (TPSA) is 117 Å². The monoisotopic (exact) mass is 391 g/mol. The number of pyridine rings is 1. The number of nitro benzene ring substituents is 1. The Kier molecular flexibility index (Phi) is 5.79.